The van der Waals surface area contributed by atoms with Crippen molar-refractivity contribution in [1.29, 1.82) is 0 Å². The Balaban J connectivity index is 2.49. The lowest BCUT2D eigenvalue weighted by Gasteiger charge is -2.16. The molecule has 1 nitrogen and oxygen atoms in total. The second kappa shape index (κ2) is 5.77. The van der Waals surface area contributed by atoms with Gasteiger partial charge in [0.1, 0.15) is 11.9 Å². The number of hydrogen-bond acceptors (Lipinski definition) is 1. The third-order valence-corrected chi connectivity index (χ3v) is 3.78. The number of rotatable bonds is 2. The molecule has 2 aromatic carbocycles. The zero-order valence-corrected chi connectivity index (χ0v) is 12.5. The Hall–Kier alpha value is -1.40. The Morgan fingerprint density at radius 1 is 1.10 bits per heavy atom. The van der Waals surface area contributed by atoms with Crippen molar-refractivity contribution < 1.29 is 22.7 Å². The van der Waals surface area contributed by atoms with Gasteiger partial charge in [0.15, 0.2) is 0 Å². The maximum atomic E-state index is 13.3. The van der Waals surface area contributed by atoms with E-state index in [2.05, 4.69) is 15.9 Å². The highest BCUT2D eigenvalue weighted by Gasteiger charge is 2.34. The van der Waals surface area contributed by atoms with E-state index in [1.54, 1.807) is 25.1 Å². The lowest BCUT2D eigenvalue weighted by atomic mass is 9.98. The van der Waals surface area contributed by atoms with E-state index in [0.29, 0.717) is 22.2 Å². The molecule has 0 spiro atoms. The minimum Gasteiger partial charge on any atom is -0.384 e. The summed E-state index contributed by atoms with van der Waals surface area (Å²) in [5.74, 6) is -1.36. The molecule has 0 aliphatic carbocycles. The Kier molecular flexibility index (Phi) is 4.39. The molecule has 2 rings (SSSR count). The quantitative estimate of drug-likeness (QED) is 0.745. The molecular formula is C15H11BrF4O. The normalized spacial score (nSPS) is 13.3. The van der Waals surface area contributed by atoms with Crippen molar-refractivity contribution >= 4 is 15.9 Å². The molecule has 0 radical (unpaired) electrons. The van der Waals surface area contributed by atoms with Crippen LogP contribution < -0.4 is 0 Å². The number of alkyl halides is 3. The smallest absolute Gasteiger partial charge is 0.384 e. The third-order valence-electron chi connectivity index (χ3n) is 3.06. The first-order chi connectivity index (χ1) is 9.70. The Bertz CT molecular complexity index is 667. The van der Waals surface area contributed by atoms with Crippen LogP contribution in [0.5, 0.6) is 0 Å². The Morgan fingerprint density at radius 3 is 2.38 bits per heavy atom. The molecule has 0 aromatic heterocycles. The van der Waals surface area contributed by atoms with Crippen molar-refractivity contribution in [2.75, 3.05) is 0 Å². The molecule has 0 heterocycles. The molecule has 1 atom stereocenters. The Morgan fingerprint density at radius 2 is 1.76 bits per heavy atom. The largest absolute Gasteiger partial charge is 0.419 e. The topological polar surface area (TPSA) is 20.2 Å². The monoisotopic (exact) mass is 362 g/mol. The van der Waals surface area contributed by atoms with E-state index in [4.69, 9.17) is 0 Å². The Labute approximate surface area is 127 Å². The van der Waals surface area contributed by atoms with Crippen LogP contribution in [0.15, 0.2) is 40.9 Å². The molecular weight excluding hydrogens is 352 g/mol. The van der Waals surface area contributed by atoms with Gasteiger partial charge in [-0.25, -0.2) is 4.39 Å². The summed E-state index contributed by atoms with van der Waals surface area (Å²) < 4.78 is 52.0. The zero-order valence-electron chi connectivity index (χ0n) is 10.9. The number of aliphatic hydroxyl groups is 1. The highest BCUT2D eigenvalue weighted by atomic mass is 79.9. The molecule has 0 saturated carbocycles. The number of aliphatic hydroxyl groups excluding tert-OH is 1. The highest BCUT2D eigenvalue weighted by Crippen LogP contribution is 2.35. The zero-order chi connectivity index (χ0) is 15.8. The van der Waals surface area contributed by atoms with Crippen LogP contribution in [0.25, 0.3) is 0 Å². The second-order valence-electron chi connectivity index (χ2n) is 4.66. The number of benzene rings is 2. The van der Waals surface area contributed by atoms with Crippen molar-refractivity contribution in [3.63, 3.8) is 0 Å². The van der Waals surface area contributed by atoms with E-state index in [9.17, 15) is 22.7 Å². The summed E-state index contributed by atoms with van der Waals surface area (Å²) in [5, 5.41) is 10.3. The van der Waals surface area contributed by atoms with Crippen LogP contribution in [0.1, 0.15) is 28.4 Å². The summed E-state index contributed by atoms with van der Waals surface area (Å²) in [5.41, 5.74) is -0.127. The standard InChI is InChI=1S/C15H11BrF4O/c1-8-2-4-12(16)10(6-8)14(21)9-3-5-13(17)11(7-9)15(18,19)20/h2-7,14,21H,1H3. The van der Waals surface area contributed by atoms with Crippen molar-refractivity contribution in [3.8, 4) is 0 Å². The minimum absolute atomic E-state index is 0.0185. The molecule has 0 aliphatic rings. The van der Waals surface area contributed by atoms with Gasteiger partial charge in [-0.05, 0) is 36.2 Å². The minimum atomic E-state index is -4.80. The molecule has 0 fully saturated rings. The first kappa shape index (κ1) is 16.0. The van der Waals surface area contributed by atoms with Gasteiger partial charge in [-0.2, -0.15) is 13.2 Å². The third kappa shape index (κ3) is 3.44. The summed E-state index contributed by atoms with van der Waals surface area (Å²) in [7, 11) is 0. The number of aryl methyl sites for hydroxylation is 1. The van der Waals surface area contributed by atoms with Gasteiger partial charge >= 0.3 is 6.18 Å². The van der Waals surface area contributed by atoms with Crippen molar-refractivity contribution in [3.05, 3.63) is 68.9 Å². The van der Waals surface area contributed by atoms with Crippen molar-refractivity contribution in [2.45, 2.75) is 19.2 Å². The fourth-order valence-corrected chi connectivity index (χ4v) is 2.45. The van der Waals surface area contributed by atoms with Gasteiger partial charge in [-0.3, -0.25) is 0 Å². The lowest BCUT2D eigenvalue weighted by molar-refractivity contribution is -0.140. The number of hydrogen-bond donors (Lipinski definition) is 1. The van der Waals surface area contributed by atoms with Gasteiger partial charge in [0.25, 0.3) is 0 Å². The van der Waals surface area contributed by atoms with Crippen LogP contribution in [0.3, 0.4) is 0 Å². The van der Waals surface area contributed by atoms with Crippen LogP contribution in [-0.2, 0) is 6.18 Å². The summed E-state index contributed by atoms with van der Waals surface area (Å²) in [6.07, 6.45) is -6.08. The predicted molar refractivity (Wildman–Crippen MR) is 74.3 cm³/mol. The molecule has 2 aromatic rings. The van der Waals surface area contributed by atoms with E-state index in [-0.39, 0.29) is 5.56 Å². The fourth-order valence-electron chi connectivity index (χ4n) is 1.98. The molecule has 112 valence electrons. The average molecular weight is 363 g/mol. The van der Waals surface area contributed by atoms with E-state index >= 15 is 0 Å². The summed E-state index contributed by atoms with van der Waals surface area (Å²) >= 11 is 3.24. The molecule has 1 unspecified atom stereocenters. The first-order valence-corrected chi connectivity index (χ1v) is 6.80. The van der Waals surface area contributed by atoms with Crippen LogP contribution in [-0.4, -0.2) is 5.11 Å². The molecule has 21 heavy (non-hydrogen) atoms. The number of halogens is 5. The second-order valence-corrected chi connectivity index (χ2v) is 5.52. The fraction of sp³-hybridized carbons (Fsp3) is 0.200. The maximum Gasteiger partial charge on any atom is 0.419 e. The average Bonchev–Trinajstić information content (AvgIpc) is 2.40. The summed E-state index contributed by atoms with van der Waals surface area (Å²) in [6, 6.07) is 7.64. The SMILES string of the molecule is Cc1ccc(Br)c(C(O)c2ccc(F)c(C(F)(F)F)c2)c1. The highest BCUT2D eigenvalue weighted by molar-refractivity contribution is 9.10. The van der Waals surface area contributed by atoms with Crippen LogP contribution in [0, 0.1) is 12.7 Å². The van der Waals surface area contributed by atoms with E-state index in [1.807, 2.05) is 0 Å². The van der Waals surface area contributed by atoms with E-state index in [1.165, 1.54) is 0 Å². The first-order valence-electron chi connectivity index (χ1n) is 6.01. The lowest BCUT2D eigenvalue weighted by Crippen LogP contribution is -2.10. The van der Waals surface area contributed by atoms with Crippen molar-refractivity contribution in [1.82, 2.24) is 0 Å². The van der Waals surface area contributed by atoms with Gasteiger partial charge < -0.3 is 5.11 Å². The molecule has 0 amide bonds. The summed E-state index contributed by atoms with van der Waals surface area (Å²) in [4.78, 5) is 0. The van der Waals surface area contributed by atoms with Gasteiger partial charge in [0, 0.05) is 4.47 Å². The predicted octanol–water partition coefficient (Wildman–Crippen LogP) is 5.00. The van der Waals surface area contributed by atoms with Gasteiger partial charge in [0.05, 0.1) is 5.56 Å². The van der Waals surface area contributed by atoms with Gasteiger partial charge in [-0.1, -0.05) is 39.7 Å². The molecule has 0 bridgehead atoms. The molecule has 0 aliphatic heterocycles. The summed E-state index contributed by atoms with van der Waals surface area (Å²) in [6.45, 7) is 1.80. The van der Waals surface area contributed by atoms with Gasteiger partial charge in [-0.15, -0.1) is 0 Å². The van der Waals surface area contributed by atoms with Crippen molar-refractivity contribution in [2.24, 2.45) is 0 Å². The van der Waals surface area contributed by atoms with Crippen LogP contribution in [0.4, 0.5) is 17.6 Å². The molecule has 0 saturated heterocycles. The van der Waals surface area contributed by atoms with Crippen LogP contribution >= 0.6 is 15.9 Å². The molecule has 6 heteroatoms. The molecule has 1 N–H and O–H groups in total. The van der Waals surface area contributed by atoms with Gasteiger partial charge in [0.2, 0.25) is 0 Å². The van der Waals surface area contributed by atoms with Crippen LogP contribution in [0.2, 0.25) is 0 Å². The van der Waals surface area contributed by atoms with E-state index in [0.717, 1.165) is 11.6 Å². The maximum absolute atomic E-state index is 13.3. The van der Waals surface area contributed by atoms with E-state index < -0.39 is 23.7 Å².